The summed E-state index contributed by atoms with van der Waals surface area (Å²) in [4.78, 5) is 12.3. The van der Waals surface area contributed by atoms with Gasteiger partial charge >= 0.3 is 0 Å². The van der Waals surface area contributed by atoms with E-state index in [9.17, 15) is 5.11 Å². The second kappa shape index (κ2) is 6.95. The predicted octanol–water partition coefficient (Wildman–Crippen LogP) is 3.04. The van der Waals surface area contributed by atoms with E-state index in [2.05, 4.69) is 15.0 Å². The lowest BCUT2D eigenvalue weighted by atomic mass is 10.2. The summed E-state index contributed by atoms with van der Waals surface area (Å²) >= 11 is 12.2. The fraction of sp³-hybridized carbons (Fsp3) is 0.133. The smallest absolute Gasteiger partial charge is 0.235 e. The molecule has 0 radical (unpaired) electrons. The molecule has 8 heteroatoms. The molecule has 118 valence electrons. The maximum absolute atomic E-state index is 9.22. The minimum atomic E-state index is -0.146. The highest BCUT2D eigenvalue weighted by atomic mass is 35.5. The largest absolute Gasteiger partial charge is 0.486 e. The van der Waals surface area contributed by atoms with Crippen LogP contribution in [0, 0.1) is 0 Å². The maximum Gasteiger partial charge on any atom is 0.235 e. The SMILES string of the molecule is OCc1cncn1-c1ncc(OCc2c(Cl)cccc2Cl)cn1. The molecule has 0 aliphatic heterocycles. The Kier molecular flexibility index (Phi) is 4.76. The Morgan fingerprint density at radius 1 is 1.09 bits per heavy atom. The van der Waals surface area contributed by atoms with Crippen LogP contribution in [0.1, 0.15) is 11.3 Å². The molecule has 0 bridgehead atoms. The lowest BCUT2D eigenvalue weighted by molar-refractivity contribution is 0.274. The number of aliphatic hydroxyl groups is 1. The van der Waals surface area contributed by atoms with Gasteiger partial charge in [0.2, 0.25) is 5.95 Å². The lowest BCUT2D eigenvalue weighted by Gasteiger charge is -2.09. The first-order chi connectivity index (χ1) is 11.2. The summed E-state index contributed by atoms with van der Waals surface area (Å²) in [5.41, 5.74) is 1.30. The Morgan fingerprint density at radius 2 is 1.78 bits per heavy atom. The number of halogens is 2. The number of rotatable bonds is 5. The Morgan fingerprint density at radius 3 is 2.43 bits per heavy atom. The number of nitrogens with zero attached hydrogens (tertiary/aromatic N) is 4. The third-order valence-electron chi connectivity index (χ3n) is 3.15. The Labute approximate surface area is 142 Å². The van der Waals surface area contributed by atoms with Crippen LogP contribution in [-0.4, -0.2) is 24.6 Å². The molecule has 0 aliphatic carbocycles. The fourth-order valence-electron chi connectivity index (χ4n) is 1.95. The van der Waals surface area contributed by atoms with Crippen LogP contribution in [0.2, 0.25) is 10.0 Å². The zero-order chi connectivity index (χ0) is 16.2. The van der Waals surface area contributed by atoms with E-state index >= 15 is 0 Å². The maximum atomic E-state index is 9.22. The molecule has 0 saturated heterocycles. The van der Waals surface area contributed by atoms with Crippen LogP contribution in [0.5, 0.6) is 5.75 Å². The number of imidazole rings is 1. The van der Waals surface area contributed by atoms with Gasteiger partial charge in [-0.25, -0.2) is 15.0 Å². The highest BCUT2D eigenvalue weighted by molar-refractivity contribution is 6.35. The van der Waals surface area contributed by atoms with Gasteiger partial charge in [-0.1, -0.05) is 29.3 Å². The van der Waals surface area contributed by atoms with Crippen LogP contribution < -0.4 is 4.74 Å². The molecular formula is C15H12Cl2N4O2. The van der Waals surface area contributed by atoms with Gasteiger partial charge in [-0.05, 0) is 12.1 Å². The van der Waals surface area contributed by atoms with Crippen LogP contribution >= 0.6 is 23.2 Å². The molecule has 0 saturated carbocycles. The van der Waals surface area contributed by atoms with Gasteiger partial charge in [0.1, 0.15) is 12.9 Å². The van der Waals surface area contributed by atoms with Gasteiger partial charge in [0, 0.05) is 15.6 Å². The minimum absolute atomic E-state index is 0.146. The monoisotopic (exact) mass is 350 g/mol. The number of benzene rings is 1. The zero-order valence-electron chi connectivity index (χ0n) is 11.9. The molecule has 0 atom stereocenters. The summed E-state index contributed by atoms with van der Waals surface area (Å²) in [6, 6.07) is 5.28. The van der Waals surface area contributed by atoms with E-state index in [1.54, 1.807) is 29.0 Å². The van der Waals surface area contributed by atoms with E-state index in [-0.39, 0.29) is 13.2 Å². The van der Waals surface area contributed by atoms with Crippen molar-refractivity contribution in [2.75, 3.05) is 0 Å². The molecule has 23 heavy (non-hydrogen) atoms. The van der Waals surface area contributed by atoms with Crippen LogP contribution in [0.15, 0.2) is 43.1 Å². The van der Waals surface area contributed by atoms with Crippen molar-refractivity contribution in [1.82, 2.24) is 19.5 Å². The van der Waals surface area contributed by atoms with Gasteiger partial charge in [-0.3, -0.25) is 4.57 Å². The van der Waals surface area contributed by atoms with Crippen molar-refractivity contribution in [2.24, 2.45) is 0 Å². The van der Waals surface area contributed by atoms with E-state index < -0.39 is 0 Å². The van der Waals surface area contributed by atoms with Gasteiger partial charge in [-0.15, -0.1) is 0 Å². The molecule has 0 aliphatic rings. The van der Waals surface area contributed by atoms with E-state index in [4.69, 9.17) is 27.9 Å². The molecule has 1 aromatic carbocycles. The number of aromatic nitrogens is 4. The Balaban J connectivity index is 1.73. The third-order valence-corrected chi connectivity index (χ3v) is 3.86. The molecule has 3 aromatic rings. The van der Waals surface area contributed by atoms with Crippen molar-refractivity contribution in [3.63, 3.8) is 0 Å². The summed E-state index contributed by atoms with van der Waals surface area (Å²) in [5, 5.41) is 10.3. The van der Waals surface area contributed by atoms with Crippen LogP contribution in [-0.2, 0) is 13.2 Å². The summed E-state index contributed by atoms with van der Waals surface area (Å²) in [7, 11) is 0. The minimum Gasteiger partial charge on any atom is -0.486 e. The summed E-state index contributed by atoms with van der Waals surface area (Å²) in [6.07, 6.45) is 6.15. The molecule has 2 aromatic heterocycles. The average Bonchev–Trinajstić information content (AvgIpc) is 3.03. The zero-order valence-corrected chi connectivity index (χ0v) is 13.4. The van der Waals surface area contributed by atoms with E-state index in [1.807, 2.05) is 0 Å². The lowest BCUT2D eigenvalue weighted by Crippen LogP contribution is -2.04. The first-order valence-corrected chi connectivity index (χ1v) is 7.45. The Hall–Kier alpha value is -2.15. The normalized spacial score (nSPS) is 10.7. The average molecular weight is 351 g/mol. The predicted molar refractivity (Wildman–Crippen MR) is 85.9 cm³/mol. The second-order valence-electron chi connectivity index (χ2n) is 4.62. The molecule has 0 unspecified atom stereocenters. The molecule has 0 fully saturated rings. The first kappa shape index (κ1) is 15.7. The van der Waals surface area contributed by atoms with Crippen LogP contribution in [0.25, 0.3) is 5.95 Å². The number of hydrogen-bond acceptors (Lipinski definition) is 5. The standard InChI is InChI=1S/C15H12Cl2N4O2/c16-13-2-1-3-14(17)12(13)8-23-11-5-19-15(20-6-11)21-9-18-4-10(21)7-22/h1-6,9,22H,7-8H2. The van der Waals surface area contributed by atoms with Crippen molar-refractivity contribution < 1.29 is 9.84 Å². The number of hydrogen-bond donors (Lipinski definition) is 1. The van der Waals surface area contributed by atoms with Gasteiger partial charge in [-0.2, -0.15) is 0 Å². The van der Waals surface area contributed by atoms with Gasteiger partial charge in [0.15, 0.2) is 5.75 Å². The van der Waals surface area contributed by atoms with Crippen molar-refractivity contribution in [3.05, 3.63) is 64.4 Å². The van der Waals surface area contributed by atoms with E-state index in [0.717, 1.165) is 0 Å². The number of aliphatic hydroxyl groups excluding tert-OH is 1. The Bertz CT molecular complexity index is 785. The van der Waals surface area contributed by atoms with E-state index in [0.29, 0.717) is 33.0 Å². The second-order valence-corrected chi connectivity index (χ2v) is 5.44. The highest BCUT2D eigenvalue weighted by Crippen LogP contribution is 2.25. The molecule has 6 nitrogen and oxygen atoms in total. The highest BCUT2D eigenvalue weighted by Gasteiger charge is 2.08. The summed E-state index contributed by atoms with van der Waals surface area (Å²) < 4.78 is 7.21. The number of ether oxygens (including phenoxy) is 1. The van der Waals surface area contributed by atoms with E-state index in [1.165, 1.54) is 18.7 Å². The van der Waals surface area contributed by atoms with Crippen molar-refractivity contribution >= 4 is 23.2 Å². The molecule has 0 spiro atoms. The van der Waals surface area contributed by atoms with Crippen LogP contribution in [0.3, 0.4) is 0 Å². The van der Waals surface area contributed by atoms with Crippen LogP contribution in [0.4, 0.5) is 0 Å². The fourth-order valence-corrected chi connectivity index (χ4v) is 2.46. The molecule has 3 rings (SSSR count). The molecule has 1 N–H and O–H groups in total. The molecular weight excluding hydrogens is 339 g/mol. The van der Waals surface area contributed by atoms with Crippen molar-refractivity contribution in [3.8, 4) is 11.7 Å². The molecule has 0 amide bonds. The van der Waals surface area contributed by atoms with Crippen molar-refractivity contribution in [1.29, 1.82) is 0 Å². The van der Waals surface area contributed by atoms with Crippen molar-refractivity contribution in [2.45, 2.75) is 13.2 Å². The third kappa shape index (κ3) is 3.44. The summed E-state index contributed by atoms with van der Waals surface area (Å²) in [5.74, 6) is 0.880. The molecule has 2 heterocycles. The summed E-state index contributed by atoms with van der Waals surface area (Å²) in [6.45, 7) is 0.0702. The first-order valence-electron chi connectivity index (χ1n) is 6.69. The topological polar surface area (TPSA) is 73.1 Å². The van der Waals surface area contributed by atoms with Gasteiger partial charge in [0.25, 0.3) is 0 Å². The quantitative estimate of drug-likeness (QED) is 0.765. The van der Waals surface area contributed by atoms with Gasteiger partial charge < -0.3 is 9.84 Å². The van der Waals surface area contributed by atoms with Gasteiger partial charge in [0.05, 0.1) is 30.9 Å².